The van der Waals surface area contributed by atoms with E-state index in [1.165, 1.54) is 30.8 Å². The maximum absolute atomic E-state index is 13.9. The van der Waals surface area contributed by atoms with Crippen LogP contribution in [0, 0.1) is 22.6 Å². The van der Waals surface area contributed by atoms with Crippen LogP contribution < -0.4 is 0 Å². The van der Waals surface area contributed by atoms with E-state index in [0.717, 1.165) is 11.1 Å². The zero-order chi connectivity index (χ0) is 18.2. The number of hydrogen-bond acceptors (Lipinski definition) is 6. The number of Topliss-reactive ketones (excluding diaryl/α,β-unsaturated/α-hetero) is 1. The molecule has 0 bridgehead atoms. The topological polar surface area (TPSA) is 75.9 Å². The van der Waals surface area contributed by atoms with Gasteiger partial charge in [-0.25, -0.2) is 8.76 Å². The van der Waals surface area contributed by atoms with Gasteiger partial charge < -0.3 is 4.74 Å². The first kappa shape index (κ1) is 17.4. The number of allylic oxidation sites excluding steroid dienone is 1. The fourth-order valence-corrected chi connectivity index (χ4v) is 3.84. The molecule has 0 aromatic carbocycles. The number of methoxy groups -OCH3 is 1. The Labute approximate surface area is 148 Å². The van der Waals surface area contributed by atoms with Crippen molar-refractivity contribution < 1.29 is 13.9 Å². The van der Waals surface area contributed by atoms with Crippen LogP contribution >= 0.6 is 11.5 Å². The third kappa shape index (κ3) is 2.88. The molecule has 0 spiro atoms. The van der Waals surface area contributed by atoms with Crippen LogP contribution in [0.25, 0.3) is 10.4 Å². The van der Waals surface area contributed by atoms with Gasteiger partial charge in [-0.3, -0.25) is 9.78 Å². The van der Waals surface area contributed by atoms with Gasteiger partial charge in [-0.15, -0.1) is 0 Å². The van der Waals surface area contributed by atoms with Crippen molar-refractivity contribution in [1.82, 2.24) is 9.36 Å². The molecule has 0 saturated carbocycles. The van der Waals surface area contributed by atoms with Gasteiger partial charge in [0.2, 0.25) is 0 Å². The van der Waals surface area contributed by atoms with Crippen LogP contribution in [0.1, 0.15) is 26.0 Å². The molecule has 2 heterocycles. The number of carbonyl (C=O) groups excluding carboxylic acids is 1. The number of ether oxygens (including phenoxy) is 1. The van der Waals surface area contributed by atoms with E-state index in [2.05, 4.69) is 9.36 Å². The van der Waals surface area contributed by atoms with Crippen molar-refractivity contribution in [2.24, 2.45) is 5.41 Å². The third-order valence-electron chi connectivity index (χ3n) is 4.38. The number of nitriles is 1. The van der Waals surface area contributed by atoms with E-state index >= 15 is 0 Å². The molecule has 3 rings (SSSR count). The smallest absolute Gasteiger partial charge is 0.178 e. The molecule has 128 valence electrons. The maximum atomic E-state index is 13.9. The van der Waals surface area contributed by atoms with Gasteiger partial charge >= 0.3 is 0 Å². The van der Waals surface area contributed by atoms with Crippen molar-refractivity contribution in [3.05, 3.63) is 47.7 Å². The Hall–Kier alpha value is -2.43. The minimum absolute atomic E-state index is 0.0273. The molecule has 1 aliphatic rings. The van der Waals surface area contributed by atoms with Gasteiger partial charge in [-0.1, -0.05) is 13.8 Å². The van der Waals surface area contributed by atoms with E-state index in [1.54, 1.807) is 26.1 Å². The lowest BCUT2D eigenvalue weighted by Gasteiger charge is -2.40. The van der Waals surface area contributed by atoms with E-state index in [0.29, 0.717) is 17.7 Å². The fourth-order valence-electron chi connectivity index (χ4n) is 3.23. The summed E-state index contributed by atoms with van der Waals surface area (Å²) in [7, 11) is 1.50. The second kappa shape index (κ2) is 6.14. The predicted octanol–water partition coefficient (Wildman–Crippen LogP) is 3.63. The van der Waals surface area contributed by atoms with Crippen LogP contribution in [-0.4, -0.2) is 22.3 Å². The Morgan fingerprint density at radius 3 is 2.80 bits per heavy atom. The highest BCUT2D eigenvalue weighted by Crippen LogP contribution is 2.47. The zero-order valence-electron chi connectivity index (χ0n) is 14.0. The van der Waals surface area contributed by atoms with Gasteiger partial charge in [0.05, 0.1) is 22.3 Å². The molecule has 2 aromatic heterocycles. The zero-order valence-corrected chi connectivity index (χ0v) is 14.9. The first-order valence-electron chi connectivity index (χ1n) is 7.63. The van der Waals surface area contributed by atoms with Crippen molar-refractivity contribution in [2.75, 3.05) is 7.11 Å². The minimum Gasteiger partial charge on any atom is -0.368 e. The molecule has 5 nitrogen and oxygen atoms in total. The second-order valence-electron chi connectivity index (χ2n) is 6.58. The molecule has 0 amide bonds. The maximum Gasteiger partial charge on any atom is 0.178 e. The molecule has 0 N–H and O–H groups in total. The Morgan fingerprint density at radius 2 is 2.20 bits per heavy atom. The SMILES string of the molecule is CO[C@]1(c2ncc(F)cc2-c2ccns2)C=C(C#N)C(=O)C(C)(C)C1. The van der Waals surface area contributed by atoms with Gasteiger partial charge in [0.15, 0.2) is 5.78 Å². The summed E-state index contributed by atoms with van der Waals surface area (Å²) >= 11 is 1.21. The number of halogens is 1. The summed E-state index contributed by atoms with van der Waals surface area (Å²) in [5.41, 5.74) is -0.872. The summed E-state index contributed by atoms with van der Waals surface area (Å²) in [5, 5.41) is 9.38. The van der Waals surface area contributed by atoms with Crippen LogP contribution in [-0.2, 0) is 15.1 Å². The molecule has 2 aromatic rings. The average molecular weight is 357 g/mol. The summed E-state index contributed by atoms with van der Waals surface area (Å²) in [6.45, 7) is 3.53. The summed E-state index contributed by atoms with van der Waals surface area (Å²) < 4.78 is 23.7. The minimum atomic E-state index is -1.10. The molecule has 0 radical (unpaired) electrons. The molecular formula is C18H16FN3O2S. The molecule has 0 saturated heterocycles. The second-order valence-corrected chi connectivity index (χ2v) is 7.41. The van der Waals surface area contributed by atoms with E-state index in [-0.39, 0.29) is 11.4 Å². The first-order valence-corrected chi connectivity index (χ1v) is 8.40. The highest BCUT2D eigenvalue weighted by molar-refractivity contribution is 7.09. The van der Waals surface area contributed by atoms with Gasteiger partial charge in [0.25, 0.3) is 0 Å². The molecule has 7 heteroatoms. The number of carbonyl (C=O) groups is 1. The van der Waals surface area contributed by atoms with Gasteiger partial charge in [0, 0.05) is 24.3 Å². The van der Waals surface area contributed by atoms with Crippen LogP contribution in [0.15, 0.2) is 36.2 Å². The van der Waals surface area contributed by atoms with Gasteiger partial charge in [0.1, 0.15) is 17.5 Å². The lowest BCUT2D eigenvalue weighted by atomic mass is 9.68. The van der Waals surface area contributed by atoms with Crippen LogP contribution in [0.3, 0.4) is 0 Å². The van der Waals surface area contributed by atoms with E-state index in [4.69, 9.17) is 4.74 Å². The molecule has 0 fully saturated rings. The Balaban J connectivity index is 2.28. The molecule has 25 heavy (non-hydrogen) atoms. The van der Waals surface area contributed by atoms with Crippen molar-refractivity contribution in [3.8, 4) is 16.5 Å². The van der Waals surface area contributed by atoms with Gasteiger partial charge in [-0.05, 0) is 36.2 Å². The molecular weight excluding hydrogens is 341 g/mol. The van der Waals surface area contributed by atoms with Gasteiger partial charge in [-0.2, -0.15) is 5.26 Å². The summed E-state index contributed by atoms with van der Waals surface area (Å²) in [4.78, 5) is 17.5. The van der Waals surface area contributed by atoms with Crippen LogP contribution in [0.5, 0.6) is 0 Å². The van der Waals surface area contributed by atoms with Crippen molar-refractivity contribution in [3.63, 3.8) is 0 Å². The number of ketones is 1. The molecule has 0 unspecified atom stereocenters. The number of rotatable bonds is 3. The van der Waals surface area contributed by atoms with Crippen molar-refractivity contribution in [1.29, 1.82) is 5.26 Å². The lowest BCUT2D eigenvalue weighted by molar-refractivity contribution is -0.128. The lowest BCUT2D eigenvalue weighted by Crippen LogP contribution is -2.42. The summed E-state index contributed by atoms with van der Waals surface area (Å²) in [6, 6.07) is 5.09. The highest BCUT2D eigenvalue weighted by Gasteiger charge is 2.48. The largest absolute Gasteiger partial charge is 0.368 e. The van der Waals surface area contributed by atoms with E-state index < -0.39 is 16.8 Å². The Kier molecular flexibility index (Phi) is 4.27. The summed E-state index contributed by atoms with van der Waals surface area (Å²) in [6.07, 6.45) is 4.54. The quantitative estimate of drug-likeness (QED) is 0.838. The standard InChI is InChI=1S/C18H16FN3O2S/c1-17(2)10-18(24-3,7-11(8-20)16(17)23)15-13(6-12(19)9-21-15)14-4-5-22-25-14/h4-7,9H,10H2,1-3H3/t18-/m1/s1. The Morgan fingerprint density at radius 1 is 1.44 bits per heavy atom. The highest BCUT2D eigenvalue weighted by atomic mass is 32.1. The van der Waals surface area contributed by atoms with E-state index in [9.17, 15) is 14.4 Å². The van der Waals surface area contributed by atoms with Crippen molar-refractivity contribution >= 4 is 17.3 Å². The van der Waals surface area contributed by atoms with E-state index in [1.807, 2.05) is 6.07 Å². The monoisotopic (exact) mass is 357 g/mol. The molecule has 0 aliphatic heterocycles. The predicted molar refractivity (Wildman–Crippen MR) is 91.1 cm³/mol. The third-order valence-corrected chi connectivity index (χ3v) is 5.16. The summed E-state index contributed by atoms with van der Waals surface area (Å²) in [5.74, 6) is -0.710. The average Bonchev–Trinajstić information content (AvgIpc) is 3.11. The molecule has 1 aliphatic carbocycles. The number of aromatic nitrogens is 2. The Bertz CT molecular complexity index is 900. The van der Waals surface area contributed by atoms with Crippen LogP contribution in [0.2, 0.25) is 0 Å². The first-order chi connectivity index (χ1) is 11.8. The number of pyridine rings is 1. The number of nitrogens with zero attached hydrogens (tertiary/aromatic N) is 3. The van der Waals surface area contributed by atoms with Crippen LogP contribution in [0.4, 0.5) is 4.39 Å². The van der Waals surface area contributed by atoms with Crippen molar-refractivity contribution in [2.45, 2.75) is 25.9 Å². The molecule has 1 atom stereocenters. The normalized spacial score (nSPS) is 22.4. The number of hydrogen-bond donors (Lipinski definition) is 0. The fraction of sp³-hybridized carbons (Fsp3) is 0.333.